The van der Waals surface area contributed by atoms with Gasteiger partial charge in [-0.2, -0.15) is 0 Å². The zero-order valence-corrected chi connectivity index (χ0v) is 14.0. The molecule has 0 spiro atoms. The summed E-state index contributed by atoms with van der Waals surface area (Å²) in [5.74, 6) is 0.702. The van der Waals surface area contributed by atoms with Crippen molar-refractivity contribution in [3.05, 3.63) is 64.1 Å². The molecule has 4 heteroatoms. The quantitative estimate of drug-likeness (QED) is 0.863. The van der Waals surface area contributed by atoms with E-state index in [-0.39, 0.29) is 11.4 Å². The smallest absolute Gasteiger partial charge is 0.251 e. The van der Waals surface area contributed by atoms with Crippen molar-refractivity contribution in [3.63, 3.8) is 0 Å². The number of hydrogen-bond acceptors (Lipinski definition) is 2. The molecule has 1 amide bonds. The lowest BCUT2D eigenvalue weighted by Crippen LogP contribution is -2.34. The fourth-order valence-electron chi connectivity index (χ4n) is 2.15. The van der Waals surface area contributed by atoms with Crippen molar-refractivity contribution in [1.82, 2.24) is 5.32 Å². The molecule has 22 heavy (non-hydrogen) atoms. The summed E-state index contributed by atoms with van der Waals surface area (Å²) in [6.45, 7) is 2.57. The van der Waals surface area contributed by atoms with Gasteiger partial charge < -0.3 is 10.1 Å². The molecule has 1 N–H and O–H groups in total. The topological polar surface area (TPSA) is 38.3 Å². The molecule has 1 saturated carbocycles. The Bertz CT molecular complexity index is 681. The van der Waals surface area contributed by atoms with Crippen LogP contribution < -0.4 is 10.1 Å². The predicted octanol–water partition coefficient (Wildman–Crippen LogP) is 4.31. The summed E-state index contributed by atoms with van der Waals surface area (Å²) in [6, 6.07) is 15.4. The van der Waals surface area contributed by atoms with E-state index in [1.165, 1.54) is 0 Å². The van der Waals surface area contributed by atoms with E-state index < -0.39 is 0 Å². The Morgan fingerprint density at radius 2 is 1.95 bits per heavy atom. The molecule has 1 fully saturated rings. The van der Waals surface area contributed by atoms with Gasteiger partial charge in [-0.05, 0) is 59.5 Å². The number of benzene rings is 2. The minimum absolute atomic E-state index is 0.00790. The van der Waals surface area contributed by atoms with E-state index in [1.807, 2.05) is 36.4 Å². The number of carbonyl (C=O) groups is 1. The normalized spacial score (nSPS) is 15.2. The maximum atomic E-state index is 12.2. The van der Waals surface area contributed by atoms with Crippen LogP contribution in [0.4, 0.5) is 0 Å². The monoisotopic (exact) mass is 359 g/mol. The van der Waals surface area contributed by atoms with Crippen LogP contribution in [0.2, 0.25) is 0 Å². The highest BCUT2D eigenvalue weighted by molar-refractivity contribution is 9.10. The Kier molecular flexibility index (Phi) is 4.21. The molecule has 0 heterocycles. The fourth-order valence-corrected chi connectivity index (χ4v) is 2.65. The van der Waals surface area contributed by atoms with Gasteiger partial charge in [-0.1, -0.05) is 30.3 Å². The average molecular weight is 360 g/mol. The number of rotatable bonds is 5. The summed E-state index contributed by atoms with van der Waals surface area (Å²) >= 11 is 3.48. The van der Waals surface area contributed by atoms with Gasteiger partial charge >= 0.3 is 0 Å². The first-order chi connectivity index (χ1) is 10.6. The van der Waals surface area contributed by atoms with Crippen LogP contribution in [0, 0.1) is 0 Å². The van der Waals surface area contributed by atoms with Gasteiger partial charge in [-0.25, -0.2) is 0 Å². The molecule has 3 rings (SSSR count). The molecule has 0 saturated heterocycles. The number of amides is 1. The molecular formula is C18H18BrNO2. The van der Waals surface area contributed by atoms with Crippen molar-refractivity contribution >= 4 is 21.8 Å². The van der Waals surface area contributed by atoms with E-state index in [0.29, 0.717) is 12.2 Å². The number of hydrogen-bond donors (Lipinski definition) is 1. The zero-order chi connectivity index (χ0) is 15.6. The van der Waals surface area contributed by atoms with Crippen LogP contribution in [0.25, 0.3) is 0 Å². The lowest BCUT2D eigenvalue weighted by molar-refractivity contribution is 0.0935. The third kappa shape index (κ3) is 3.69. The van der Waals surface area contributed by atoms with E-state index in [1.54, 1.807) is 12.1 Å². The van der Waals surface area contributed by atoms with Crippen LogP contribution in [0.3, 0.4) is 0 Å². The van der Waals surface area contributed by atoms with Crippen LogP contribution in [0.1, 0.15) is 35.7 Å². The molecule has 3 nitrogen and oxygen atoms in total. The van der Waals surface area contributed by atoms with Crippen LogP contribution >= 0.6 is 15.9 Å². The molecule has 0 bridgehead atoms. The van der Waals surface area contributed by atoms with Gasteiger partial charge in [0.1, 0.15) is 12.4 Å². The highest BCUT2D eigenvalue weighted by Crippen LogP contribution is 2.35. The first-order valence-corrected chi connectivity index (χ1v) is 8.14. The maximum absolute atomic E-state index is 12.2. The van der Waals surface area contributed by atoms with E-state index >= 15 is 0 Å². The Morgan fingerprint density at radius 3 is 2.59 bits per heavy atom. The second-order valence-electron chi connectivity index (χ2n) is 5.93. The molecule has 114 valence electrons. The van der Waals surface area contributed by atoms with Gasteiger partial charge in [0.05, 0.1) is 4.47 Å². The average Bonchev–Trinajstić information content (AvgIpc) is 3.24. The Labute approximate surface area is 138 Å². The van der Waals surface area contributed by atoms with Crippen molar-refractivity contribution in [1.29, 1.82) is 0 Å². The van der Waals surface area contributed by atoms with Gasteiger partial charge in [0.2, 0.25) is 0 Å². The highest BCUT2D eigenvalue weighted by atomic mass is 79.9. The van der Waals surface area contributed by atoms with E-state index in [4.69, 9.17) is 4.74 Å². The molecule has 0 radical (unpaired) electrons. The highest BCUT2D eigenvalue weighted by Gasteiger charge is 2.38. The number of halogens is 1. The molecule has 2 aromatic rings. The van der Waals surface area contributed by atoms with Crippen LogP contribution in [-0.2, 0) is 6.61 Å². The van der Waals surface area contributed by atoms with Crippen molar-refractivity contribution in [2.24, 2.45) is 0 Å². The minimum Gasteiger partial charge on any atom is -0.488 e. The third-order valence-corrected chi connectivity index (χ3v) is 4.47. The fraction of sp³-hybridized carbons (Fsp3) is 0.278. The minimum atomic E-state index is -0.0321. The first-order valence-electron chi connectivity index (χ1n) is 7.35. The number of ether oxygens (including phenoxy) is 1. The summed E-state index contributed by atoms with van der Waals surface area (Å²) in [7, 11) is 0. The van der Waals surface area contributed by atoms with Gasteiger partial charge in [0.25, 0.3) is 5.91 Å². The predicted molar refractivity (Wildman–Crippen MR) is 90.0 cm³/mol. The SMILES string of the molecule is CC1(NC(=O)c2ccc(OCc3ccccc3)c(Br)c2)CC1. The summed E-state index contributed by atoms with van der Waals surface area (Å²) in [5, 5.41) is 3.05. The van der Waals surface area contributed by atoms with Crippen molar-refractivity contribution in [2.45, 2.75) is 31.9 Å². The lowest BCUT2D eigenvalue weighted by Gasteiger charge is -2.13. The second kappa shape index (κ2) is 6.13. The van der Waals surface area contributed by atoms with Crippen molar-refractivity contribution in [3.8, 4) is 5.75 Å². The van der Waals surface area contributed by atoms with Crippen molar-refractivity contribution in [2.75, 3.05) is 0 Å². The Hall–Kier alpha value is -1.81. The van der Waals surface area contributed by atoms with E-state index in [0.717, 1.165) is 28.6 Å². The molecule has 0 aliphatic heterocycles. The molecule has 0 aromatic heterocycles. The Balaban J connectivity index is 1.65. The molecule has 0 unspecified atom stereocenters. The summed E-state index contributed by atoms with van der Waals surface area (Å²) in [5.41, 5.74) is 1.75. The summed E-state index contributed by atoms with van der Waals surface area (Å²) < 4.78 is 6.58. The first kappa shape index (κ1) is 15.1. The van der Waals surface area contributed by atoms with Crippen LogP contribution in [-0.4, -0.2) is 11.4 Å². The standard InChI is InChI=1S/C18H18BrNO2/c1-18(9-10-18)20-17(21)14-7-8-16(15(19)11-14)22-12-13-5-3-2-4-6-13/h2-8,11H,9-10,12H2,1H3,(H,20,21). The van der Waals surface area contributed by atoms with Crippen molar-refractivity contribution < 1.29 is 9.53 Å². The van der Waals surface area contributed by atoms with Crippen LogP contribution in [0.5, 0.6) is 5.75 Å². The second-order valence-corrected chi connectivity index (χ2v) is 6.79. The maximum Gasteiger partial charge on any atom is 0.251 e. The summed E-state index contributed by atoms with van der Waals surface area (Å²) in [6.07, 6.45) is 2.11. The molecule has 0 atom stereocenters. The Morgan fingerprint density at radius 1 is 1.23 bits per heavy atom. The lowest BCUT2D eigenvalue weighted by atomic mass is 10.2. The zero-order valence-electron chi connectivity index (χ0n) is 12.4. The van der Waals surface area contributed by atoms with E-state index in [2.05, 4.69) is 28.2 Å². The van der Waals surface area contributed by atoms with Crippen LogP contribution in [0.15, 0.2) is 53.0 Å². The molecule has 1 aliphatic carbocycles. The number of nitrogens with one attached hydrogen (secondary N) is 1. The number of carbonyl (C=O) groups excluding carboxylic acids is 1. The van der Waals surface area contributed by atoms with Gasteiger partial charge in [0, 0.05) is 11.1 Å². The third-order valence-electron chi connectivity index (χ3n) is 3.85. The summed E-state index contributed by atoms with van der Waals surface area (Å²) in [4.78, 5) is 12.2. The molecule has 2 aromatic carbocycles. The van der Waals surface area contributed by atoms with Gasteiger partial charge in [-0.3, -0.25) is 4.79 Å². The largest absolute Gasteiger partial charge is 0.488 e. The van der Waals surface area contributed by atoms with Gasteiger partial charge in [-0.15, -0.1) is 0 Å². The van der Waals surface area contributed by atoms with E-state index in [9.17, 15) is 4.79 Å². The van der Waals surface area contributed by atoms with Gasteiger partial charge in [0.15, 0.2) is 0 Å². The molecular weight excluding hydrogens is 342 g/mol. The molecule has 1 aliphatic rings.